The maximum absolute atomic E-state index is 6.02. The molecule has 1 aromatic carbocycles. The molecule has 2 atom stereocenters. The number of benzene rings is 1. The second kappa shape index (κ2) is 3.69. The van der Waals surface area contributed by atoms with Crippen LogP contribution in [0.2, 0.25) is 5.02 Å². The van der Waals surface area contributed by atoms with Crippen LogP contribution in [0.4, 0.5) is 5.69 Å². The highest BCUT2D eigenvalue weighted by atomic mass is 35.5. The van der Waals surface area contributed by atoms with E-state index in [1.54, 1.807) is 0 Å². The predicted octanol–water partition coefficient (Wildman–Crippen LogP) is 2.14. The maximum Gasteiger partial charge on any atom is 0.0455 e. The Morgan fingerprint density at radius 2 is 2.27 bits per heavy atom. The summed E-state index contributed by atoms with van der Waals surface area (Å²) in [6, 6.07) is 8.89. The van der Waals surface area contributed by atoms with Crippen molar-refractivity contribution in [2.75, 3.05) is 24.5 Å². The molecule has 15 heavy (non-hydrogen) atoms. The number of nitrogens with one attached hydrogen (secondary N) is 1. The lowest BCUT2D eigenvalue weighted by molar-refractivity contribution is 0.579. The summed E-state index contributed by atoms with van der Waals surface area (Å²) in [5.41, 5.74) is 1.28. The average molecular weight is 223 g/mol. The van der Waals surface area contributed by atoms with Gasteiger partial charge in [-0.2, -0.15) is 0 Å². The lowest BCUT2D eigenvalue weighted by Crippen LogP contribution is -2.33. The van der Waals surface area contributed by atoms with Gasteiger partial charge in [0.2, 0.25) is 0 Å². The normalized spacial score (nSPS) is 29.5. The minimum atomic E-state index is 0.684. The molecule has 2 fully saturated rings. The Balaban J connectivity index is 1.88. The van der Waals surface area contributed by atoms with Gasteiger partial charge in [0.1, 0.15) is 0 Å². The number of fused-ring (bicyclic) bond motifs is 1. The second-order valence-electron chi connectivity index (χ2n) is 4.45. The molecule has 2 saturated heterocycles. The zero-order valence-corrected chi connectivity index (χ0v) is 9.37. The van der Waals surface area contributed by atoms with Crippen molar-refractivity contribution < 1.29 is 0 Å². The topological polar surface area (TPSA) is 15.3 Å². The highest BCUT2D eigenvalue weighted by Gasteiger charge is 2.37. The fourth-order valence-corrected chi connectivity index (χ4v) is 3.01. The van der Waals surface area contributed by atoms with Crippen molar-refractivity contribution >= 4 is 17.3 Å². The summed E-state index contributed by atoms with van der Waals surface area (Å²) >= 11 is 6.02. The van der Waals surface area contributed by atoms with E-state index in [9.17, 15) is 0 Å². The number of anilines is 1. The second-order valence-corrected chi connectivity index (χ2v) is 4.88. The van der Waals surface area contributed by atoms with Crippen molar-refractivity contribution in [3.63, 3.8) is 0 Å². The van der Waals surface area contributed by atoms with Crippen LogP contribution in [0.25, 0.3) is 0 Å². The monoisotopic (exact) mass is 222 g/mol. The SMILES string of the molecule is Clc1cccc(N2CC[C@H]3CNC[C@H]32)c1. The van der Waals surface area contributed by atoms with Gasteiger partial charge >= 0.3 is 0 Å². The quantitative estimate of drug-likeness (QED) is 0.783. The van der Waals surface area contributed by atoms with E-state index in [0.29, 0.717) is 6.04 Å². The van der Waals surface area contributed by atoms with Gasteiger partial charge in [0, 0.05) is 36.4 Å². The molecule has 0 amide bonds. The van der Waals surface area contributed by atoms with E-state index in [4.69, 9.17) is 11.6 Å². The molecular weight excluding hydrogens is 208 g/mol. The zero-order chi connectivity index (χ0) is 10.3. The molecule has 1 N–H and O–H groups in total. The fraction of sp³-hybridized carbons (Fsp3) is 0.500. The van der Waals surface area contributed by atoms with Crippen LogP contribution in [-0.4, -0.2) is 25.7 Å². The molecule has 3 heteroatoms. The van der Waals surface area contributed by atoms with Gasteiger partial charge in [0.25, 0.3) is 0 Å². The summed E-state index contributed by atoms with van der Waals surface area (Å²) in [7, 11) is 0. The van der Waals surface area contributed by atoms with E-state index in [-0.39, 0.29) is 0 Å². The molecule has 0 aromatic heterocycles. The molecule has 80 valence electrons. The molecule has 0 bridgehead atoms. The summed E-state index contributed by atoms with van der Waals surface area (Å²) in [6.45, 7) is 3.48. The Labute approximate surface area is 95.2 Å². The van der Waals surface area contributed by atoms with Crippen molar-refractivity contribution in [3.8, 4) is 0 Å². The van der Waals surface area contributed by atoms with Crippen LogP contribution in [0.15, 0.2) is 24.3 Å². The summed E-state index contributed by atoms with van der Waals surface area (Å²) < 4.78 is 0. The summed E-state index contributed by atoms with van der Waals surface area (Å²) in [4.78, 5) is 2.50. The van der Waals surface area contributed by atoms with Gasteiger partial charge in [-0.05, 0) is 30.5 Å². The van der Waals surface area contributed by atoms with Gasteiger partial charge in [-0.1, -0.05) is 17.7 Å². The first kappa shape index (κ1) is 9.49. The van der Waals surface area contributed by atoms with E-state index >= 15 is 0 Å². The van der Waals surface area contributed by atoms with Crippen LogP contribution in [0.1, 0.15) is 6.42 Å². The Bertz CT molecular complexity index is 366. The molecule has 3 rings (SSSR count). The smallest absolute Gasteiger partial charge is 0.0455 e. The summed E-state index contributed by atoms with van der Waals surface area (Å²) in [5.74, 6) is 0.837. The largest absolute Gasteiger partial charge is 0.367 e. The number of nitrogens with zero attached hydrogens (tertiary/aromatic N) is 1. The molecule has 2 aliphatic rings. The fourth-order valence-electron chi connectivity index (χ4n) is 2.82. The third-order valence-electron chi connectivity index (χ3n) is 3.59. The van der Waals surface area contributed by atoms with Crippen LogP contribution in [-0.2, 0) is 0 Å². The van der Waals surface area contributed by atoms with Crippen LogP contribution >= 0.6 is 11.6 Å². The molecule has 1 aromatic rings. The van der Waals surface area contributed by atoms with Gasteiger partial charge in [-0.3, -0.25) is 0 Å². The van der Waals surface area contributed by atoms with Crippen LogP contribution in [0.3, 0.4) is 0 Å². The molecule has 2 aliphatic heterocycles. The third kappa shape index (κ3) is 1.62. The Kier molecular flexibility index (Phi) is 2.33. The molecule has 0 spiro atoms. The van der Waals surface area contributed by atoms with Crippen LogP contribution in [0, 0.1) is 5.92 Å². The van der Waals surface area contributed by atoms with Gasteiger partial charge in [0.05, 0.1) is 0 Å². The lowest BCUT2D eigenvalue weighted by Gasteiger charge is -2.25. The highest BCUT2D eigenvalue weighted by Crippen LogP contribution is 2.32. The van der Waals surface area contributed by atoms with Gasteiger partial charge in [0.15, 0.2) is 0 Å². The molecule has 0 radical (unpaired) electrons. The summed E-state index contributed by atoms with van der Waals surface area (Å²) in [6.07, 6.45) is 1.31. The van der Waals surface area contributed by atoms with Crippen LogP contribution < -0.4 is 10.2 Å². The van der Waals surface area contributed by atoms with Crippen molar-refractivity contribution in [2.24, 2.45) is 5.92 Å². The van der Waals surface area contributed by atoms with Crippen molar-refractivity contribution in [1.29, 1.82) is 0 Å². The number of halogens is 1. The first-order valence-electron chi connectivity index (χ1n) is 5.57. The minimum Gasteiger partial charge on any atom is -0.367 e. The maximum atomic E-state index is 6.02. The molecule has 0 aliphatic carbocycles. The van der Waals surface area contributed by atoms with Gasteiger partial charge in [-0.25, -0.2) is 0 Å². The molecular formula is C12H15ClN2. The first-order valence-corrected chi connectivity index (χ1v) is 5.95. The standard InChI is InChI=1S/C12H15ClN2/c13-10-2-1-3-11(6-10)15-5-4-9-7-14-8-12(9)15/h1-3,6,9,12,14H,4-5,7-8H2/t9-,12+/m0/s1. The number of rotatable bonds is 1. The average Bonchev–Trinajstić information content (AvgIpc) is 2.77. The first-order chi connectivity index (χ1) is 7.34. The van der Waals surface area contributed by atoms with Gasteiger partial charge < -0.3 is 10.2 Å². The van der Waals surface area contributed by atoms with E-state index < -0.39 is 0 Å². The molecule has 2 heterocycles. The predicted molar refractivity (Wildman–Crippen MR) is 63.6 cm³/mol. The molecule has 0 saturated carbocycles. The molecule has 0 unspecified atom stereocenters. The van der Waals surface area contributed by atoms with E-state index in [2.05, 4.69) is 22.3 Å². The van der Waals surface area contributed by atoms with Crippen molar-refractivity contribution in [3.05, 3.63) is 29.3 Å². The van der Waals surface area contributed by atoms with E-state index in [1.807, 2.05) is 12.1 Å². The van der Waals surface area contributed by atoms with E-state index in [1.165, 1.54) is 25.2 Å². The molecule has 2 nitrogen and oxygen atoms in total. The third-order valence-corrected chi connectivity index (χ3v) is 3.82. The highest BCUT2D eigenvalue weighted by molar-refractivity contribution is 6.30. The van der Waals surface area contributed by atoms with Crippen molar-refractivity contribution in [1.82, 2.24) is 5.32 Å². The van der Waals surface area contributed by atoms with E-state index in [0.717, 1.165) is 17.5 Å². The Morgan fingerprint density at radius 3 is 3.13 bits per heavy atom. The number of hydrogen-bond acceptors (Lipinski definition) is 2. The Hall–Kier alpha value is -0.730. The zero-order valence-electron chi connectivity index (χ0n) is 8.62. The van der Waals surface area contributed by atoms with Crippen LogP contribution in [0.5, 0.6) is 0 Å². The summed E-state index contributed by atoms with van der Waals surface area (Å²) in [5, 5.41) is 4.30. The Morgan fingerprint density at radius 1 is 1.33 bits per heavy atom. The minimum absolute atomic E-state index is 0.684. The lowest BCUT2D eigenvalue weighted by atomic mass is 10.1. The van der Waals surface area contributed by atoms with Gasteiger partial charge in [-0.15, -0.1) is 0 Å². The van der Waals surface area contributed by atoms with Crippen molar-refractivity contribution in [2.45, 2.75) is 12.5 Å². The number of hydrogen-bond donors (Lipinski definition) is 1.